The Kier molecular flexibility index (Phi) is 15.7. The van der Waals surface area contributed by atoms with Gasteiger partial charge in [0.25, 0.3) is 0 Å². The van der Waals surface area contributed by atoms with Gasteiger partial charge in [-0.15, -0.1) is 12.4 Å². The lowest BCUT2D eigenvalue weighted by atomic mass is 9.95. The molecule has 0 radical (unpaired) electrons. The molecule has 0 spiro atoms. The van der Waals surface area contributed by atoms with E-state index in [-0.39, 0.29) is 24.0 Å². The van der Waals surface area contributed by atoms with Gasteiger partial charge in [-0.3, -0.25) is 4.79 Å². The van der Waals surface area contributed by atoms with E-state index in [1.807, 2.05) is 12.1 Å². The number of nitrogens with one attached hydrogen (secondary N) is 2. The first-order valence-corrected chi connectivity index (χ1v) is 18.2. The number of aliphatic hydroxyl groups excluding tert-OH is 1. The number of hydrogen-bond donors (Lipinski definition) is 5. The number of carbonyl (C=O) groups is 3. The molecule has 6 aromatic carbocycles. The first-order chi connectivity index (χ1) is 27.8. The van der Waals surface area contributed by atoms with E-state index in [0.29, 0.717) is 80.2 Å². The highest BCUT2D eigenvalue weighted by atomic mass is 35.5. The molecule has 306 valence electrons. The number of benzene rings is 6. The van der Waals surface area contributed by atoms with E-state index in [1.54, 1.807) is 116 Å². The first kappa shape index (κ1) is 44.9. The van der Waals surface area contributed by atoms with Crippen LogP contribution in [0.1, 0.15) is 58.1 Å². The molecule has 6 aromatic rings. The molecule has 0 heterocycles. The van der Waals surface area contributed by atoms with Gasteiger partial charge in [0.2, 0.25) is 0 Å². The van der Waals surface area contributed by atoms with Crippen molar-refractivity contribution in [3.8, 4) is 33.8 Å². The highest BCUT2D eigenvalue weighted by molar-refractivity contribution is 5.95. The van der Waals surface area contributed by atoms with Crippen LogP contribution in [-0.2, 0) is 12.8 Å². The van der Waals surface area contributed by atoms with Crippen molar-refractivity contribution < 1.29 is 37.7 Å². The number of carbonyl (C=O) groups excluding carboxylic acids is 3. The van der Waals surface area contributed by atoms with Crippen LogP contribution in [0.3, 0.4) is 0 Å². The number of aliphatic hydroxyl groups is 1. The van der Waals surface area contributed by atoms with Crippen molar-refractivity contribution in [2.45, 2.75) is 32.8 Å². The molecular formula is C46H45ClF2N4O6. The zero-order chi connectivity index (χ0) is 41.9. The third kappa shape index (κ3) is 11.7. The normalized spacial score (nSPS) is 10.9. The van der Waals surface area contributed by atoms with Crippen LogP contribution in [0.25, 0.3) is 22.3 Å². The number of ketones is 1. The summed E-state index contributed by atoms with van der Waals surface area (Å²) in [6.45, 7) is 3.14. The third-order valence-corrected chi connectivity index (χ3v) is 9.25. The molecule has 13 heteroatoms. The number of Topliss-reactive ketones (excluding diaryl/α,β-unsaturated/α-hetero) is 1. The summed E-state index contributed by atoms with van der Waals surface area (Å²) in [4.78, 5) is 33.6. The summed E-state index contributed by atoms with van der Waals surface area (Å²) in [6, 6.07) is 33.6. The van der Waals surface area contributed by atoms with Crippen LogP contribution in [0.2, 0.25) is 0 Å². The van der Waals surface area contributed by atoms with Crippen molar-refractivity contribution in [2.75, 3.05) is 24.9 Å². The average Bonchev–Trinajstić information content (AvgIpc) is 3.20. The monoisotopic (exact) mass is 822 g/mol. The second-order valence-electron chi connectivity index (χ2n) is 13.4. The van der Waals surface area contributed by atoms with Crippen molar-refractivity contribution in [3.63, 3.8) is 0 Å². The average molecular weight is 823 g/mol. The molecule has 0 fully saturated rings. The number of hydrogen-bond acceptors (Lipinski definition) is 6. The Morgan fingerprint density at radius 2 is 1.07 bits per heavy atom. The Morgan fingerprint density at radius 1 is 0.644 bits per heavy atom. The summed E-state index contributed by atoms with van der Waals surface area (Å²) in [5, 5.41) is 14.8. The summed E-state index contributed by atoms with van der Waals surface area (Å²) < 4.78 is 41.6. The van der Waals surface area contributed by atoms with Crippen molar-refractivity contribution in [1.29, 1.82) is 0 Å². The van der Waals surface area contributed by atoms with Crippen LogP contribution in [-0.4, -0.2) is 37.2 Å². The SMILES string of the molecule is COc1ccc(Cc2ccc(NC(N)=O)cc2)c(F)c1-c1cccc(C(C)=O)c1.COc1ccc(Cc2ccc(NC(N)=O)cc2)c(F)c1-c1cccc(C(C)O)c1.Cl. The summed E-state index contributed by atoms with van der Waals surface area (Å²) >= 11 is 0. The fourth-order valence-electron chi connectivity index (χ4n) is 6.34. The maximum absolute atomic E-state index is 15.5. The van der Waals surface area contributed by atoms with Crippen molar-refractivity contribution in [3.05, 3.63) is 166 Å². The molecule has 10 nitrogen and oxygen atoms in total. The van der Waals surface area contributed by atoms with Crippen LogP contribution in [0.15, 0.2) is 121 Å². The number of rotatable bonds is 12. The molecule has 0 aliphatic carbocycles. The topological polar surface area (TPSA) is 166 Å². The number of urea groups is 2. The molecule has 59 heavy (non-hydrogen) atoms. The van der Waals surface area contributed by atoms with Crippen molar-refractivity contribution >= 4 is 41.6 Å². The van der Waals surface area contributed by atoms with Gasteiger partial charge >= 0.3 is 12.1 Å². The lowest BCUT2D eigenvalue weighted by Crippen LogP contribution is -2.19. The second kappa shape index (κ2) is 20.6. The molecule has 0 saturated heterocycles. The lowest BCUT2D eigenvalue weighted by molar-refractivity contribution is 0.101. The Morgan fingerprint density at radius 3 is 1.46 bits per heavy atom. The highest BCUT2D eigenvalue weighted by Gasteiger charge is 2.19. The molecule has 6 rings (SSSR count). The Balaban J connectivity index is 0.000000256. The van der Waals surface area contributed by atoms with E-state index in [1.165, 1.54) is 21.1 Å². The maximum atomic E-state index is 15.5. The molecule has 1 unspecified atom stereocenters. The summed E-state index contributed by atoms with van der Waals surface area (Å²) in [5.41, 5.74) is 17.2. The quantitative estimate of drug-likeness (QED) is 0.0771. The van der Waals surface area contributed by atoms with Gasteiger partial charge in [-0.05, 0) is 101 Å². The molecule has 0 aliphatic rings. The second-order valence-corrected chi connectivity index (χ2v) is 13.4. The van der Waals surface area contributed by atoms with Gasteiger partial charge in [-0.1, -0.05) is 72.8 Å². The molecule has 1 atom stereocenters. The van der Waals surface area contributed by atoms with Gasteiger partial charge in [0.15, 0.2) is 5.78 Å². The summed E-state index contributed by atoms with van der Waals surface area (Å²) in [6.07, 6.45) is 0.0710. The molecule has 0 aliphatic heterocycles. The molecule has 0 bridgehead atoms. The van der Waals surface area contributed by atoms with Gasteiger partial charge < -0.3 is 36.7 Å². The number of primary amides is 2. The number of halogens is 3. The molecule has 0 saturated carbocycles. The Bertz CT molecular complexity index is 2430. The van der Waals surface area contributed by atoms with Crippen LogP contribution in [0, 0.1) is 11.6 Å². The predicted molar refractivity (Wildman–Crippen MR) is 230 cm³/mol. The van der Waals surface area contributed by atoms with Crippen LogP contribution in [0.4, 0.5) is 29.7 Å². The van der Waals surface area contributed by atoms with E-state index in [2.05, 4.69) is 10.6 Å². The zero-order valence-electron chi connectivity index (χ0n) is 32.8. The molecule has 7 N–H and O–H groups in total. The van der Waals surface area contributed by atoms with Crippen LogP contribution < -0.4 is 31.6 Å². The number of anilines is 2. The van der Waals surface area contributed by atoms with E-state index < -0.39 is 24.0 Å². The number of nitrogens with two attached hydrogens (primary N) is 2. The fourth-order valence-corrected chi connectivity index (χ4v) is 6.34. The van der Waals surface area contributed by atoms with Gasteiger partial charge in [0.05, 0.1) is 31.5 Å². The van der Waals surface area contributed by atoms with E-state index in [0.717, 1.165) is 11.1 Å². The van der Waals surface area contributed by atoms with Crippen molar-refractivity contribution in [2.24, 2.45) is 11.5 Å². The molecule has 0 aromatic heterocycles. The van der Waals surface area contributed by atoms with E-state index in [4.69, 9.17) is 20.9 Å². The zero-order valence-corrected chi connectivity index (χ0v) is 33.7. The Labute approximate surface area is 347 Å². The summed E-state index contributed by atoms with van der Waals surface area (Å²) in [5.74, 6) is -0.0363. The summed E-state index contributed by atoms with van der Waals surface area (Å²) in [7, 11) is 2.98. The fraction of sp³-hybridized carbons (Fsp3) is 0.152. The number of methoxy groups -OCH3 is 2. The third-order valence-electron chi connectivity index (χ3n) is 9.25. The highest BCUT2D eigenvalue weighted by Crippen LogP contribution is 2.37. The van der Waals surface area contributed by atoms with Gasteiger partial charge in [-0.25, -0.2) is 18.4 Å². The minimum atomic E-state index is -0.653. The Hall–Kier alpha value is -6.76. The molecular weight excluding hydrogens is 778 g/mol. The predicted octanol–water partition coefficient (Wildman–Crippen LogP) is 9.84. The first-order valence-electron chi connectivity index (χ1n) is 18.2. The maximum Gasteiger partial charge on any atom is 0.316 e. The largest absolute Gasteiger partial charge is 0.496 e. The van der Waals surface area contributed by atoms with Crippen LogP contribution in [0.5, 0.6) is 11.5 Å². The van der Waals surface area contributed by atoms with E-state index in [9.17, 15) is 19.5 Å². The minimum absolute atomic E-state index is 0. The van der Waals surface area contributed by atoms with E-state index >= 15 is 8.78 Å². The van der Waals surface area contributed by atoms with Crippen LogP contribution >= 0.6 is 12.4 Å². The van der Waals surface area contributed by atoms with Gasteiger partial charge in [0, 0.05) is 29.8 Å². The molecule has 4 amide bonds. The standard InChI is InChI=1S/C23H23FN2O3.C23H21FN2O3.ClH/c2*1-14(27)16-4-3-5-17(13-16)21-20(29-2)11-8-18(22(21)24)12-15-6-9-19(10-7-15)26-23(25)28;/h3-11,13-14,27H,12H2,1-2H3,(H3,25,26,28);3-11,13H,12H2,1-2H3,(H3,25,26,28);1H. The minimum Gasteiger partial charge on any atom is -0.496 e. The van der Waals surface area contributed by atoms with Gasteiger partial charge in [0.1, 0.15) is 23.1 Å². The lowest BCUT2D eigenvalue weighted by Gasteiger charge is -2.15. The van der Waals surface area contributed by atoms with Gasteiger partial charge in [-0.2, -0.15) is 0 Å². The smallest absolute Gasteiger partial charge is 0.316 e. The number of amides is 4. The number of ether oxygens (including phenoxy) is 2. The van der Waals surface area contributed by atoms with Crippen molar-refractivity contribution in [1.82, 2.24) is 0 Å².